The van der Waals surface area contributed by atoms with Crippen LogP contribution in [0.4, 0.5) is 0 Å². The third-order valence-electron chi connectivity index (χ3n) is 3.26. The predicted molar refractivity (Wildman–Crippen MR) is 78.3 cm³/mol. The van der Waals surface area contributed by atoms with Gasteiger partial charge in [-0.25, -0.2) is 4.98 Å². The average molecular weight is 263 g/mol. The summed E-state index contributed by atoms with van der Waals surface area (Å²) in [7, 11) is 0. The molecule has 2 N–H and O–H groups in total. The Balaban J connectivity index is 1.64. The highest BCUT2D eigenvalue weighted by molar-refractivity contribution is 5.80. The number of aromatic nitrogens is 2. The molecule has 1 saturated carbocycles. The molecule has 106 valence electrons. The standard InChI is InChI=1S/C14H25N5/c1-3-15-14(18-13-6-7-13)17-8-4-5-10-19-11-9-16-12(19)2/h9,11,13H,3-8,10H2,1-2H3,(H2,15,17,18). The largest absolute Gasteiger partial charge is 0.357 e. The second kappa shape index (κ2) is 7.16. The summed E-state index contributed by atoms with van der Waals surface area (Å²) in [4.78, 5) is 8.83. The third kappa shape index (κ3) is 4.93. The van der Waals surface area contributed by atoms with Gasteiger partial charge in [-0.2, -0.15) is 0 Å². The molecular weight excluding hydrogens is 238 g/mol. The number of hydrogen-bond acceptors (Lipinski definition) is 2. The van der Waals surface area contributed by atoms with Gasteiger partial charge in [0.25, 0.3) is 0 Å². The van der Waals surface area contributed by atoms with Gasteiger partial charge >= 0.3 is 0 Å². The molecule has 5 heteroatoms. The molecule has 0 aliphatic heterocycles. The molecule has 0 radical (unpaired) electrons. The lowest BCUT2D eigenvalue weighted by Gasteiger charge is -2.10. The second-order valence-corrected chi connectivity index (χ2v) is 5.05. The van der Waals surface area contributed by atoms with Crippen molar-refractivity contribution in [2.24, 2.45) is 4.99 Å². The maximum Gasteiger partial charge on any atom is 0.191 e. The lowest BCUT2D eigenvalue weighted by molar-refractivity contribution is 0.600. The second-order valence-electron chi connectivity index (χ2n) is 5.05. The zero-order valence-corrected chi connectivity index (χ0v) is 12.0. The summed E-state index contributed by atoms with van der Waals surface area (Å²) >= 11 is 0. The van der Waals surface area contributed by atoms with Crippen molar-refractivity contribution < 1.29 is 0 Å². The van der Waals surface area contributed by atoms with Crippen LogP contribution in [0, 0.1) is 6.92 Å². The number of hydrogen-bond donors (Lipinski definition) is 2. The molecule has 1 aliphatic rings. The van der Waals surface area contributed by atoms with E-state index in [2.05, 4.69) is 32.1 Å². The zero-order chi connectivity index (χ0) is 13.5. The molecule has 1 heterocycles. The fraction of sp³-hybridized carbons (Fsp3) is 0.714. The molecule has 0 saturated heterocycles. The number of imidazole rings is 1. The number of nitrogens with zero attached hydrogens (tertiary/aromatic N) is 3. The molecule has 0 aromatic carbocycles. The Morgan fingerprint density at radius 3 is 2.95 bits per heavy atom. The van der Waals surface area contributed by atoms with E-state index in [4.69, 9.17) is 0 Å². The van der Waals surface area contributed by atoms with Gasteiger partial charge in [0.1, 0.15) is 5.82 Å². The van der Waals surface area contributed by atoms with E-state index in [1.54, 1.807) is 0 Å². The van der Waals surface area contributed by atoms with Crippen molar-refractivity contribution in [3.05, 3.63) is 18.2 Å². The Bertz CT molecular complexity index is 406. The van der Waals surface area contributed by atoms with E-state index >= 15 is 0 Å². The van der Waals surface area contributed by atoms with Gasteiger partial charge in [-0.15, -0.1) is 0 Å². The van der Waals surface area contributed by atoms with Gasteiger partial charge in [-0.05, 0) is 39.5 Å². The lowest BCUT2D eigenvalue weighted by Crippen LogP contribution is -2.38. The number of guanidine groups is 1. The van der Waals surface area contributed by atoms with Crippen LogP contribution in [-0.4, -0.2) is 34.6 Å². The van der Waals surface area contributed by atoms with Crippen LogP contribution in [0.3, 0.4) is 0 Å². The summed E-state index contributed by atoms with van der Waals surface area (Å²) in [5, 5.41) is 6.72. The van der Waals surface area contributed by atoms with Crippen molar-refractivity contribution in [1.82, 2.24) is 20.2 Å². The number of nitrogens with one attached hydrogen (secondary N) is 2. The normalized spacial score (nSPS) is 15.6. The van der Waals surface area contributed by atoms with E-state index in [0.29, 0.717) is 6.04 Å². The molecule has 2 rings (SSSR count). The van der Waals surface area contributed by atoms with Crippen molar-refractivity contribution in [1.29, 1.82) is 0 Å². The van der Waals surface area contributed by atoms with Crippen molar-refractivity contribution >= 4 is 5.96 Å². The number of unbranched alkanes of at least 4 members (excludes halogenated alkanes) is 1. The highest BCUT2D eigenvalue weighted by atomic mass is 15.2. The van der Waals surface area contributed by atoms with Gasteiger partial charge in [0.15, 0.2) is 5.96 Å². The van der Waals surface area contributed by atoms with E-state index in [0.717, 1.165) is 44.3 Å². The number of aryl methyl sites for hydroxylation is 2. The minimum absolute atomic E-state index is 0.659. The van der Waals surface area contributed by atoms with E-state index in [1.165, 1.54) is 12.8 Å². The van der Waals surface area contributed by atoms with E-state index in [-0.39, 0.29) is 0 Å². The van der Waals surface area contributed by atoms with E-state index in [9.17, 15) is 0 Å². The Hall–Kier alpha value is -1.52. The Morgan fingerprint density at radius 1 is 1.47 bits per heavy atom. The molecule has 1 aromatic rings. The van der Waals surface area contributed by atoms with Crippen LogP contribution in [0.25, 0.3) is 0 Å². The molecule has 1 fully saturated rings. The van der Waals surface area contributed by atoms with Gasteiger partial charge < -0.3 is 15.2 Å². The Morgan fingerprint density at radius 2 is 2.32 bits per heavy atom. The highest BCUT2D eigenvalue weighted by Crippen LogP contribution is 2.18. The highest BCUT2D eigenvalue weighted by Gasteiger charge is 2.21. The summed E-state index contributed by atoms with van der Waals surface area (Å²) in [5.74, 6) is 2.07. The summed E-state index contributed by atoms with van der Waals surface area (Å²) < 4.78 is 2.19. The molecule has 0 atom stereocenters. The molecular formula is C14H25N5. The quantitative estimate of drug-likeness (QED) is 0.447. The first-order chi connectivity index (χ1) is 9.29. The monoisotopic (exact) mass is 263 g/mol. The SMILES string of the molecule is CCNC(=NCCCCn1ccnc1C)NC1CC1. The molecule has 1 aliphatic carbocycles. The predicted octanol–water partition coefficient (Wildman–Crippen LogP) is 1.69. The van der Waals surface area contributed by atoms with Crippen molar-refractivity contribution in [3.8, 4) is 0 Å². The fourth-order valence-electron chi connectivity index (χ4n) is 1.97. The summed E-state index contributed by atoms with van der Waals surface area (Å²) in [6, 6.07) is 0.659. The van der Waals surface area contributed by atoms with E-state index < -0.39 is 0 Å². The minimum Gasteiger partial charge on any atom is -0.357 e. The van der Waals surface area contributed by atoms with Crippen LogP contribution in [0.5, 0.6) is 0 Å². The smallest absolute Gasteiger partial charge is 0.191 e. The maximum absolute atomic E-state index is 4.60. The summed E-state index contributed by atoms with van der Waals surface area (Å²) in [6.45, 7) is 6.99. The van der Waals surface area contributed by atoms with E-state index in [1.807, 2.05) is 19.3 Å². The van der Waals surface area contributed by atoms with Crippen LogP contribution in [-0.2, 0) is 6.54 Å². The van der Waals surface area contributed by atoms with Crippen LogP contribution in [0.2, 0.25) is 0 Å². The zero-order valence-electron chi connectivity index (χ0n) is 12.0. The molecule has 19 heavy (non-hydrogen) atoms. The molecule has 0 spiro atoms. The van der Waals surface area contributed by atoms with Crippen LogP contribution >= 0.6 is 0 Å². The van der Waals surface area contributed by atoms with Gasteiger partial charge in [0.2, 0.25) is 0 Å². The van der Waals surface area contributed by atoms with Crippen LogP contribution in [0.15, 0.2) is 17.4 Å². The Labute approximate surface area is 115 Å². The average Bonchev–Trinajstić information content (AvgIpc) is 3.11. The summed E-state index contributed by atoms with van der Waals surface area (Å²) in [6.07, 6.45) is 8.71. The van der Waals surface area contributed by atoms with Crippen molar-refractivity contribution in [2.45, 2.75) is 52.1 Å². The van der Waals surface area contributed by atoms with Gasteiger partial charge in [-0.1, -0.05) is 0 Å². The van der Waals surface area contributed by atoms with Crippen molar-refractivity contribution in [3.63, 3.8) is 0 Å². The van der Waals surface area contributed by atoms with Gasteiger partial charge in [0, 0.05) is 38.1 Å². The maximum atomic E-state index is 4.60. The van der Waals surface area contributed by atoms with Gasteiger partial charge in [-0.3, -0.25) is 4.99 Å². The number of rotatable bonds is 7. The lowest BCUT2D eigenvalue weighted by atomic mass is 10.3. The molecule has 0 bridgehead atoms. The van der Waals surface area contributed by atoms with Crippen molar-refractivity contribution in [2.75, 3.05) is 13.1 Å². The fourth-order valence-corrected chi connectivity index (χ4v) is 1.97. The Kier molecular flexibility index (Phi) is 5.24. The number of aliphatic imine (C=N–C) groups is 1. The molecule has 1 aromatic heterocycles. The first-order valence-corrected chi connectivity index (χ1v) is 7.32. The van der Waals surface area contributed by atoms with Crippen LogP contribution < -0.4 is 10.6 Å². The first-order valence-electron chi connectivity index (χ1n) is 7.32. The van der Waals surface area contributed by atoms with Gasteiger partial charge in [0.05, 0.1) is 0 Å². The topological polar surface area (TPSA) is 54.2 Å². The van der Waals surface area contributed by atoms with Crippen LogP contribution in [0.1, 0.15) is 38.4 Å². The molecule has 0 amide bonds. The molecule has 5 nitrogen and oxygen atoms in total. The minimum atomic E-state index is 0.659. The third-order valence-corrected chi connectivity index (χ3v) is 3.26. The molecule has 0 unspecified atom stereocenters. The first kappa shape index (κ1) is 13.9. The summed E-state index contributed by atoms with van der Waals surface area (Å²) in [5.41, 5.74) is 0.